The van der Waals surface area contributed by atoms with Gasteiger partial charge in [-0.3, -0.25) is 14.5 Å². The van der Waals surface area contributed by atoms with Gasteiger partial charge in [-0.2, -0.15) is 0 Å². The van der Waals surface area contributed by atoms with Gasteiger partial charge < -0.3 is 15.4 Å². The molecule has 34 heavy (non-hydrogen) atoms. The number of anilines is 1. The summed E-state index contributed by atoms with van der Waals surface area (Å²) in [4.78, 5) is 40.1. The number of terminal acetylenes is 1. The van der Waals surface area contributed by atoms with Crippen LogP contribution in [0.25, 0.3) is 0 Å². The summed E-state index contributed by atoms with van der Waals surface area (Å²) >= 11 is 0. The molecule has 0 bridgehead atoms. The van der Waals surface area contributed by atoms with Crippen molar-refractivity contribution in [3.63, 3.8) is 0 Å². The van der Waals surface area contributed by atoms with Crippen molar-refractivity contribution in [2.24, 2.45) is 0 Å². The van der Waals surface area contributed by atoms with Crippen LogP contribution in [0.15, 0.2) is 42.5 Å². The highest BCUT2D eigenvalue weighted by atomic mass is 16.6. The number of alkyl carbamates (subject to hydrolysis) is 1. The van der Waals surface area contributed by atoms with Crippen LogP contribution < -0.4 is 10.6 Å². The lowest BCUT2D eigenvalue weighted by atomic mass is 9.95. The van der Waals surface area contributed by atoms with Crippen LogP contribution in [0.2, 0.25) is 0 Å². The SMILES string of the molecule is C#CN(C(=O)C(C)NC(=O)OC(C)(C)C)C(C(=O)Nc1ccccc1C)c1cccc(C)c1C. The Morgan fingerprint density at radius 2 is 1.62 bits per heavy atom. The maximum Gasteiger partial charge on any atom is 0.408 e. The first-order valence-corrected chi connectivity index (χ1v) is 11.1. The average Bonchev–Trinajstić information content (AvgIpc) is 2.74. The number of nitrogens with one attached hydrogen (secondary N) is 2. The predicted molar refractivity (Wildman–Crippen MR) is 133 cm³/mol. The maximum absolute atomic E-state index is 13.6. The largest absolute Gasteiger partial charge is 0.444 e. The fraction of sp³-hybridized carbons (Fsp3) is 0.370. The molecule has 2 aromatic rings. The molecule has 0 radical (unpaired) electrons. The number of carbonyl (C=O) groups is 3. The van der Waals surface area contributed by atoms with Crippen LogP contribution in [-0.2, 0) is 14.3 Å². The number of hydrogen-bond donors (Lipinski definition) is 2. The van der Waals surface area contributed by atoms with Gasteiger partial charge in [0.25, 0.3) is 11.8 Å². The van der Waals surface area contributed by atoms with E-state index in [2.05, 4.69) is 16.7 Å². The van der Waals surface area contributed by atoms with Gasteiger partial charge in [0.1, 0.15) is 17.7 Å². The summed E-state index contributed by atoms with van der Waals surface area (Å²) in [6, 6.07) is 13.1. The number of para-hydroxylation sites is 1. The van der Waals surface area contributed by atoms with Crippen LogP contribution in [0.3, 0.4) is 0 Å². The second-order valence-corrected chi connectivity index (χ2v) is 9.20. The third-order valence-corrected chi connectivity index (χ3v) is 5.33. The van der Waals surface area contributed by atoms with E-state index in [4.69, 9.17) is 11.2 Å². The fourth-order valence-electron chi connectivity index (χ4n) is 3.40. The summed E-state index contributed by atoms with van der Waals surface area (Å²) in [6.07, 6.45) is 5.01. The van der Waals surface area contributed by atoms with E-state index < -0.39 is 35.6 Å². The van der Waals surface area contributed by atoms with Crippen LogP contribution in [-0.4, -0.2) is 34.5 Å². The van der Waals surface area contributed by atoms with Gasteiger partial charge in [-0.05, 0) is 76.8 Å². The molecule has 0 heterocycles. The molecule has 0 saturated carbocycles. The van der Waals surface area contributed by atoms with E-state index in [1.807, 2.05) is 51.1 Å². The fourth-order valence-corrected chi connectivity index (χ4v) is 3.40. The van der Waals surface area contributed by atoms with E-state index in [0.29, 0.717) is 11.3 Å². The number of rotatable bonds is 6. The first-order chi connectivity index (χ1) is 15.9. The number of aryl methyl sites for hydroxylation is 2. The Morgan fingerprint density at radius 3 is 2.21 bits per heavy atom. The number of benzene rings is 2. The minimum atomic E-state index is -1.11. The van der Waals surface area contributed by atoms with Gasteiger partial charge >= 0.3 is 6.09 Å². The summed E-state index contributed by atoms with van der Waals surface area (Å²) in [5.74, 6) is -1.07. The minimum absolute atomic E-state index is 0.459. The monoisotopic (exact) mass is 463 g/mol. The van der Waals surface area contributed by atoms with Gasteiger partial charge in [0.15, 0.2) is 0 Å². The number of carbonyl (C=O) groups excluding carboxylic acids is 3. The molecule has 2 rings (SSSR count). The van der Waals surface area contributed by atoms with Crippen LogP contribution >= 0.6 is 0 Å². The van der Waals surface area contributed by atoms with E-state index in [1.165, 1.54) is 6.92 Å². The number of hydrogen-bond acceptors (Lipinski definition) is 4. The molecule has 0 aliphatic rings. The molecule has 2 aromatic carbocycles. The first-order valence-electron chi connectivity index (χ1n) is 11.1. The molecule has 3 amide bonds. The number of amides is 3. The van der Waals surface area contributed by atoms with E-state index in [9.17, 15) is 14.4 Å². The summed E-state index contributed by atoms with van der Waals surface area (Å²) in [5, 5.41) is 5.40. The van der Waals surface area contributed by atoms with Crippen molar-refractivity contribution < 1.29 is 19.1 Å². The Bertz CT molecular complexity index is 1110. The zero-order valence-electron chi connectivity index (χ0n) is 20.9. The summed E-state index contributed by atoms with van der Waals surface area (Å²) in [7, 11) is 0. The topological polar surface area (TPSA) is 87.7 Å². The molecule has 0 aromatic heterocycles. The highest BCUT2D eigenvalue weighted by molar-refractivity contribution is 6.00. The molecule has 0 fully saturated rings. The predicted octanol–water partition coefficient (Wildman–Crippen LogP) is 4.62. The van der Waals surface area contributed by atoms with Crippen LogP contribution in [0.1, 0.15) is 56.0 Å². The molecule has 0 aliphatic heterocycles. The lowest BCUT2D eigenvalue weighted by Gasteiger charge is -2.30. The lowest BCUT2D eigenvalue weighted by molar-refractivity contribution is -0.136. The van der Waals surface area contributed by atoms with Crippen molar-refractivity contribution in [1.82, 2.24) is 10.2 Å². The Hall–Kier alpha value is -3.79. The van der Waals surface area contributed by atoms with E-state index in [-0.39, 0.29) is 0 Å². The van der Waals surface area contributed by atoms with E-state index in [0.717, 1.165) is 21.6 Å². The molecule has 0 aliphatic carbocycles. The molecule has 0 spiro atoms. The molecule has 2 N–H and O–H groups in total. The van der Waals surface area contributed by atoms with E-state index >= 15 is 0 Å². The van der Waals surface area contributed by atoms with Crippen molar-refractivity contribution >= 4 is 23.6 Å². The highest BCUT2D eigenvalue weighted by Crippen LogP contribution is 2.28. The number of ether oxygens (including phenoxy) is 1. The third kappa shape index (κ3) is 6.61. The summed E-state index contributed by atoms with van der Waals surface area (Å²) in [6.45, 7) is 12.3. The molecular weight excluding hydrogens is 430 g/mol. The number of nitrogens with zero attached hydrogens (tertiary/aromatic N) is 1. The molecule has 180 valence electrons. The second-order valence-electron chi connectivity index (χ2n) is 9.20. The molecule has 0 saturated heterocycles. The van der Waals surface area contributed by atoms with Gasteiger partial charge in [0.2, 0.25) is 0 Å². The summed E-state index contributed by atoms with van der Waals surface area (Å²) in [5.41, 5.74) is 3.15. The summed E-state index contributed by atoms with van der Waals surface area (Å²) < 4.78 is 5.24. The van der Waals surface area contributed by atoms with Gasteiger partial charge in [0, 0.05) is 11.7 Å². The van der Waals surface area contributed by atoms with Gasteiger partial charge in [-0.25, -0.2) is 4.79 Å². The Labute approximate surface area is 201 Å². The van der Waals surface area contributed by atoms with Crippen molar-refractivity contribution in [3.05, 3.63) is 64.7 Å². The van der Waals surface area contributed by atoms with E-state index in [1.54, 1.807) is 32.9 Å². The van der Waals surface area contributed by atoms with Crippen LogP contribution in [0, 0.1) is 33.2 Å². The standard InChI is InChI=1S/C27H33N3O4/c1-9-30(25(32)20(5)28-26(33)34-27(6,7)8)23(21-15-12-14-17(2)19(21)4)24(31)29-22-16-11-10-13-18(22)3/h1,10-16,20,23H,2-8H3,(H,28,33)(H,29,31). The smallest absolute Gasteiger partial charge is 0.408 e. The lowest BCUT2D eigenvalue weighted by Crippen LogP contribution is -2.49. The second kappa shape index (κ2) is 10.9. The zero-order valence-corrected chi connectivity index (χ0v) is 20.9. The van der Waals surface area contributed by atoms with Gasteiger partial charge in [0.05, 0.1) is 0 Å². The highest BCUT2D eigenvalue weighted by Gasteiger charge is 2.35. The van der Waals surface area contributed by atoms with Gasteiger partial charge in [-0.15, -0.1) is 0 Å². The minimum Gasteiger partial charge on any atom is -0.444 e. The van der Waals surface area contributed by atoms with Crippen LogP contribution in [0.5, 0.6) is 0 Å². The van der Waals surface area contributed by atoms with Crippen molar-refractivity contribution in [2.75, 3.05) is 5.32 Å². The van der Waals surface area contributed by atoms with Crippen molar-refractivity contribution in [2.45, 2.75) is 66.2 Å². The van der Waals surface area contributed by atoms with Gasteiger partial charge in [-0.1, -0.05) is 42.8 Å². The normalized spacial score (nSPS) is 12.6. The Morgan fingerprint density at radius 1 is 1.00 bits per heavy atom. The zero-order chi connectivity index (χ0) is 25.6. The Balaban J connectivity index is 2.43. The molecule has 2 unspecified atom stereocenters. The first kappa shape index (κ1) is 26.5. The Kier molecular flexibility index (Phi) is 8.47. The van der Waals surface area contributed by atoms with Crippen molar-refractivity contribution in [1.29, 1.82) is 0 Å². The van der Waals surface area contributed by atoms with Crippen molar-refractivity contribution in [3.8, 4) is 12.5 Å². The average molecular weight is 464 g/mol. The quantitative estimate of drug-likeness (QED) is 0.483. The van der Waals surface area contributed by atoms with Crippen LogP contribution in [0.4, 0.5) is 10.5 Å². The molecule has 2 atom stereocenters. The molecular formula is C27H33N3O4. The molecule has 7 nitrogen and oxygen atoms in total. The molecule has 7 heteroatoms. The maximum atomic E-state index is 13.6. The third-order valence-electron chi connectivity index (χ3n) is 5.33.